The first-order chi connectivity index (χ1) is 9.65. The Kier molecular flexibility index (Phi) is 3.14. The molecule has 1 amide bonds. The summed E-state index contributed by atoms with van der Waals surface area (Å²) in [7, 11) is 0. The third-order valence-corrected chi connectivity index (χ3v) is 3.55. The molecule has 0 radical (unpaired) electrons. The minimum atomic E-state index is -0.934. The molecule has 1 aliphatic heterocycles. The topological polar surface area (TPSA) is 69.2 Å². The number of likely N-dealkylation sites (tertiary alicyclic amines) is 1. The van der Waals surface area contributed by atoms with Crippen LogP contribution in [0.25, 0.3) is 11.3 Å². The predicted molar refractivity (Wildman–Crippen MR) is 70.7 cm³/mol. The van der Waals surface area contributed by atoms with Gasteiger partial charge in [-0.25, -0.2) is 14.2 Å². The lowest BCUT2D eigenvalue weighted by molar-refractivity contribution is 0.139. The average Bonchev–Trinajstić information content (AvgIpc) is 3.07. The molecule has 0 unspecified atom stereocenters. The van der Waals surface area contributed by atoms with Crippen molar-refractivity contribution < 1.29 is 14.3 Å². The van der Waals surface area contributed by atoms with Crippen LogP contribution in [0.1, 0.15) is 24.7 Å². The van der Waals surface area contributed by atoms with Gasteiger partial charge in [-0.15, -0.1) is 0 Å². The van der Waals surface area contributed by atoms with Crippen LogP contribution in [0.5, 0.6) is 0 Å². The van der Waals surface area contributed by atoms with Gasteiger partial charge >= 0.3 is 6.09 Å². The predicted octanol–water partition coefficient (Wildman–Crippen LogP) is 3.03. The van der Waals surface area contributed by atoms with Gasteiger partial charge in [0.05, 0.1) is 17.9 Å². The average molecular weight is 275 g/mol. The third kappa shape index (κ3) is 2.24. The lowest BCUT2D eigenvalue weighted by Gasteiger charge is -2.19. The lowest BCUT2D eigenvalue weighted by atomic mass is 10.2. The van der Waals surface area contributed by atoms with Gasteiger partial charge in [-0.05, 0) is 25.0 Å². The molecule has 2 N–H and O–H groups in total. The molecular weight excluding hydrogens is 261 g/mol. The number of rotatable bonds is 2. The molecule has 0 aliphatic carbocycles. The summed E-state index contributed by atoms with van der Waals surface area (Å²) >= 11 is 0. The van der Waals surface area contributed by atoms with E-state index in [2.05, 4.69) is 9.97 Å². The highest BCUT2D eigenvalue weighted by Gasteiger charge is 2.31. The Hall–Kier alpha value is -2.37. The number of hydrogen-bond acceptors (Lipinski definition) is 2. The number of aromatic amines is 1. The van der Waals surface area contributed by atoms with Crippen molar-refractivity contribution in [3.63, 3.8) is 0 Å². The molecule has 1 aromatic heterocycles. The first-order valence-corrected chi connectivity index (χ1v) is 6.45. The molecule has 20 heavy (non-hydrogen) atoms. The molecular formula is C14H14FN3O2. The summed E-state index contributed by atoms with van der Waals surface area (Å²) in [6, 6.07) is 5.97. The summed E-state index contributed by atoms with van der Waals surface area (Å²) in [4.78, 5) is 19.9. The summed E-state index contributed by atoms with van der Waals surface area (Å²) in [5.41, 5.74) is 1.39. The summed E-state index contributed by atoms with van der Waals surface area (Å²) in [5.74, 6) is 0.302. The van der Waals surface area contributed by atoms with E-state index in [4.69, 9.17) is 5.11 Å². The molecule has 0 bridgehead atoms. The molecule has 104 valence electrons. The number of aromatic nitrogens is 2. The maximum absolute atomic E-state index is 13.2. The van der Waals surface area contributed by atoms with Crippen molar-refractivity contribution in [2.45, 2.75) is 18.9 Å². The molecule has 0 spiro atoms. The van der Waals surface area contributed by atoms with Crippen molar-refractivity contribution >= 4 is 6.09 Å². The van der Waals surface area contributed by atoms with Gasteiger partial charge < -0.3 is 10.1 Å². The van der Waals surface area contributed by atoms with E-state index in [1.165, 1.54) is 17.0 Å². The second kappa shape index (κ2) is 4.96. The zero-order chi connectivity index (χ0) is 14.1. The summed E-state index contributed by atoms with van der Waals surface area (Å²) < 4.78 is 13.2. The van der Waals surface area contributed by atoms with Crippen molar-refractivity contribution in [1.82, 2.24) is 14.9 Å². The maximum Gasteiger partial charge on any atom is 0.407 e. The first kappa shape index (κ1) is 12.7. The molecule has 2 heterocycles. The Morgan fingerprint density at radius 1 is 1.50 bits per heavy atom. The third-order valence-electron chi connectivity index (χ3n) is 3.55. The molecule has 1 aliphatic rings. The minimum absolute atomic E-state index is 0.241. The number of nitrogens with one attached hydrogen (secondary N) is 1. The van der Waals surface area contributed by atoms with Crippen molar-refractivity contribution in [3.8, 4) is 11.3 Å². The number of hydrogen-bond donors (Lipinski definition) is 2. The van der Waals surface area contributed by atoms with E-state index in [1.807, 2.05) is 0 Å². The number of nitrogens with zero attached hydrogens (tertiary/aromatic N) is 2. The van der Waals surface area contributed by atoms with Gasteiger partial charge in [-0.1, -0.05) is 12.1 Å². The minimum Gasteiger partial charge on any atom is -0.465 e. The highest BCUT2D eigenvalue weighted by Crippen LogP contribution is 2.31. The van der Waals surface area contributed by atoms with Gasteiger partial charge in [-0.2, -0.15) is 0 Å². The number of benzene rings is 1. The number of amides is 1. The number of halogens is 1. The van der Waals surface area contributed by atoms with Crippen LogP contribution in [0.2, 0.25) is 0 Å². The Morgan fingerprint density at radius 3 is 3.10 bits per heavy atom. The SMILES string of the molecule is O=C(O)N1CCC[C@H]1c1ncc(-c2cccc(F)c2)[nH]1. The zero-order valence-corrected chi connectivity index (χ0v) is 10.7. The van der Waals surface area contributed by atoms with E-state index in [0.29, 0.717) is 23.6 Å². The second-order valence-electron chi connectivity index (χ2n) is 4.83. The van der Waals surface area contributed by atoms with Crippen LogP contribution in [0.4, 0.5) is 9.18 Å². The molecule has 3 rings (SSSR count). The molecule has 1 atom stereocenters. The van der Waals surface area contributed by atoms with Crippen LogP contribution in [-0.2, 0) is 0 Å². The van der Waals surface area contributed by atoms with E-state index in [-0.39, 0.29) is 11.9 Å². The largest absolute Gasteiger partial charge is 0.465 e. The number of carboxylic acid groups (broad SMARTS) is 1. The Bertz CT molecular complexity index is 641. The Balaban J connectivity index is 1.89. The quantitative estimate of drug-likeness (QED) is 0.885. The molecule has 0 saturated carbocycles. The maximum atomic E-state index is 13.2. The monoisotopic (exact) mass is 275 g/mol. The highest BCUT2D eigenvalue weighted by atomic mass is 19.1. The van der Waals surface area contributed by atoms with Gasteiger partial charge in [0.2, 0.25) is 0 Å². The van der Waals surface area contributed by atoms with Crippen molar-refractivity contribution in [1.29, 1.82) is 0 Å². The molecule has 2 aromatic rings. The number of imidazole rings is 1. The van der Waals surface area contributed by atoms with E-state index >= 15 is 0 Å². The number of H-pyrrole nitrogens is 1. The zero-order valence-electron chi connectivity index (χ0n) is 10.7. The van der Waals surface area contributed by atoms with E-state index in [9.17, 15) is 9.18 Å². The fourth-order valence-corrected chi connectivity index (χ4v) is 2.59. The van der Waals surface area contributed by atoms with E-state index in [1.54, 1.807) is 18.3 Å². The van der Waals surface area contributed by atoms with Crippen LogP contribution in [-0.4, -0.2) is 32.6 Å². The van der Waals surface area contributed by atoms with Gasteiger partial charge in [-0.3, -0.25) is 4.90 Å². The lowest BCUT2D eigenvalue weighted by Crippen LogP contribution is -2.29. The smallest absolute Gasteiger partial charge is 0.407 e. The van der Waals surface area contributed by atoms with Crippen LogP contribution in [0, 0.1) is 5.82 Å². The number of carbonyl (C=O) groups is 1. The van der Waals surface area contributed by atoms with Crippen molar-refractivity contribution in [3.05, 3.63) is 42.1 Å². The van der Waals surface area contributed by atoms with Crippen LogP contribution in [0.3, 0.4) is 0 Å². The molecule has 1 aromatic carbocycles. The van der Waals surface area contributed by atoms with E-state index in [0.717, 1.165) is 12.8 Å². The standard InChI is InChI=1S/C14H14FN3O2/c15-10-4-1-3-9(7-10)11-8-16-13(17-11)12-5-2-6-18(12)14(19)20/h1,3-4,7-8,12H,2,5-6H2,(H,16,17)(H,19,20)/t12-/m0/s1. The fraction of sp³-hybridized carbons (Fsp3) is 0.286. The molecule has 1 saturated heterocycles. The highest BCUT2D eigenvalue weighted by molar-refractivity contribution is 5.66. The normalized spacial score (nSPS) is 18.4. The summed E-state index contributed by atoms with van der Waals surface area (Å²) in [6.07, 6.45) is 2.26. The molecule has 1 fully saturated rings. The van der Waals surface area contributed by atoms with Gasteiger partial charge in [0.25, 0.3) is 0 Å². The first-order valence-electron chi connectivity index (χ1n) is 6.45. The Morgan fingerprint density at radius 2 is 2.35 bits per heavy atom. The van der Waals surface area contributed by atoms with Gasteiger partial charge in [0, 0.05) is 12.1 Å². The second-order valence-corrected chi connectivity index (χ2v) is 4.83. The van der Waals surface area contributed by atoms with Crippen molar-refractivity contribution in [2.75, 3.05) is 6.54 Å². The van der Waals surface area contributed by atoms with Crippen LogP contribution in [0.15, 0.2) is 30.5 Å². The van der Waals surface area contributed by atoms with E-state index < -0.39 is 6.09 Å². The Labute approximate surface area is 115 Å². The molecule has 6 heteroatoms. The summed E-state index contributed by atoms with van der Waals surface area (Å²) in [5, 5.41) is 9.14. The van der Waals surface area contributed by atoms with Gasteiger partial charge in [0.15, 0.2) is 0 Å². The fourth-order valence-electron chi connectivity index (χ4n) is 2.59. The van der Waals surface area contributed by atoms with Crippen LogP contribution < -0.4 is 0 Å². The summed E-state index contributed by atoms with van der Waals surface area (Å²) in [6.45, 7) is 0.524. The van der Waals surface area contributed by atoms with Crippen molar-refractivity contribution in [2.24, 2.45) is 0 Å². The van der Waals surface area contributed by atoms with Crippen LogP contribution >= 0.6 is 0 Å². The van der Waals surface area contributed by atoms with Gasteiger partial charge in [0.1, 0.15) is 11.6 Å². The molecule has 5 nitrogen and oxygen atoms in total.